The van der Waals surface area contributed by atoms with E-state index < -0.39 is 6.04 Å². The zero-order valence-corrected chi connectivity index (χ0v) is 12.2. The van der Waals surface area contributed by atoms with Gasteiger partial charge in [0.1, 0.15) is 0 Å². The third-order valence-corrected chi connectivity index (χ3v) is 3.75. The molecule has 0 amide bonds. The van der Waals surface area contributed by atoms with E-state index in [4.69, 9.17) is 17.3 Å². The Bertz CT molecular complexity index is 707. The summed E-state index contributed by atoms with van der Waals surface area (Å²) in [5, 5.41) is 1.69. The molecule has 0 bridgehead atoms. The third-order valence-electron chi connectivity index (χ3n) is 3.40. The van der Waals surface area contributed by atoms with E-state index in [-0.39, 0.29) is 23.7 Å². The molecule has 0 saturated heterocycles. The number of nitrogens with one attached hydrogen (secondary N) is 1. The molecule has 0 fully saturated rings. The summed E-state index contributed by atoms with van der Waals surface area (Å²) in [5.41, 5.74) is 6.35. The second kappa shape index (κ2) is 5.77. The van der Waals surface area contributed by atoms with Crippen LogP contribution in [0.4, 0.5) is 0 Å². The van der Waals surface area contributed by atoms with Crippen molar-refractivity contribution < 1.29 is 4.79 Å². The zero-order valence-electron chi connectivity index (χ0n) is 11.4. The molecule has 2 aromatic rings. The van der Waals surface area contributed by atoms with Crippen molar-refractivity contribution in [3.05, 3.63) is 45.3 Å². The van der Waals surface area contributed by atoms with E-state index in [0.717, 1.165) is 5.39 Å². The minimum Gasteiger partial charge on any atom is -0.329 e. The van der Waals surface area contributed by atoms with Gasteiger partial charge in [-0.25, -0.2) is 0 Å². The van der Waals surface area contributed by atoms with E-state index in [1.54, 1.807) is 24.4 Å². The van der Waals surface area contributed by atoms with Crippen LogP contribution in [0.25, 0.3) is 10.8 Å². The fourth-order valence-electron chi connectivity index (χ4n) is 2.07. The Hall–Kier alpha value is -1.65. The van der Waals surface area contributed by atoms with Crippen molar-refractivity contribution in [1.82, 2.24) is 4.98 Å². The lowest BCUT2D eigenvalue weighted by atomic mass is 9.95. The Labute approximate surface area is 121 Å². The molecule has 0 saturated carbocycles. The molecule has 3 N–H and O–H groups in total. The average Bonchev–Trinajstić information content (AvgIpc) is 2.39. The molecule has 0 spiro atoms. The highest BCUT2D eigenvalue weighted by molar-refractivity contribution is 6.32. The van der Waals surface area contributed by atoms with Gasteiger partial charge in [-0.05, 0) is 35.1 Å². The lowest BCUT2D eigenvalue weighted by molar-refractivity contribution is -0.120. The number of hydrogen-bond acceptors (Lipinski definition) is 3. The molecule has 1 aromatic heterocycles. The summed E-state index contributed by atoms with van der Waals surface area (Å²) in [6.45, 7) is 3.81. The SMILES string of the molecule is CC(C)[C@@H](N)C(=O)Cc1cc2cc[nH]c(=O)c2cc1Cl. The molecule has 0 aliphatic carbocycles. The molecule has 2 rings (SSSR count). The number of H-pyrrole nitrogens is 1. The Kier molecular flexibility index (Phi) is 4.26. The summed E-state index contributed by atoms with van der Waals surface area (Å²) < 4.78 is 0. The Morgan fingerprint density at radius 1 is 1.40 bits per heavy atom. The van der Waals surface area contributed by atoms with Gasteiger partial charge in [0.25, 0.3) is 5.56 Å². The van der Waals surface area contributed by atoms with E-state index in [9.17, 15) is 9.59 Å². The highest BCUT2D eigenvalue weighted by Gasteiger charge is 2.19. The summed E-state index contributed by atoms with van der Waals surface area (Å²) >= 11 is 6.16. The molecule has 106 valence electrons. The second-order valence-corrected chi connectivity index (χ2v) is 5.66. The fourth-order valence-corrected chi connectivity index (χ4v) is 2.30. The van der Waals surface area contributed by atoms with Crippen LogP contribution in [-0.4, -0.2) is 16.8 Å². The Morgan fingerprint density at radius 2 is 2.10 bits per heavy atom. The molecule has 0 radical (unpaired) electrons. The van der Waals surface area contributed by atoms with Crippen molar-refractivity contribution >= 4 is 28.2 Å². The number of Topliss-reactive ketones (excluding diaryl/α,β-unsaturated/α-hetero) is 1. The van der Waals surface area contributed by atoms with Crippen molar-refractivity contribution in [1.29, 1.82) is 0 Å². The summed E-state index contributed by atoms with van der Waals surface area (Å²) in [4.78, 5) is 26.3. The standard InChI is InChI=1S/C15H17ClN2O2/c1-8(2)14(17)13(19)6-10-5-9-3-4-18-15(20)11(9)7-12(10)16/h3-5,7-8,14H,6,17H2,1-2H3,(H,18,20)/t14-/m1/s1. The predicted octanol–water partition coefficient (Wildman–Crippen LogP) is 2.28. The topological polar surface area (TPSA) is 76.0 Å². The lowest BCUT2D eigenvalue weighted by Gasteiger charge is -2.14. The number of pyridine rings is 1. The number of carbonyl (C=O) groups is 1. The van der Waals surface area contributed by atoms with Gasteiger partial charge in [0.2, 0.25) is 0 Å². The molecule has 1 aromatic carbocycles. The first-order valence-corrected chi connectivity index (χ1v) is 6.86. The van der Waals surface area contributed by atoms with E-state index >= 15 is 0 Å². The van der Waals surface area contributed by atoms with E-state index in [1.165, 1.54) is 0 Å². The number of rotatable bonds is 4. The number of hydrogen-bond donors (Lipinski definition) is 2. The zero-order chi connectivity index (χ0) is 14.9. The molecule has 5 heteroatoms. The number of halogens is 1. The van der Waals surface area contributed by atoms with Gasteiger partial charge in [-0.2, -0.15) is 0 Å². The van der Waals surface area contributed by atoms with Crippen LogP contribution in [0.5, 0.6) is 0 Å². The van der Waals surface area contributed by atoms with Crippen LogP contribution < -0.4 is 11.3 Å². The highest BCUT2D eigenvalue weighted by Crippen LogP contribution is 2.23. The number of benzene rings is 1. The Balaban J connectivity index is 2.38. The molecule has 0 unspecified atom stereocenters. The summed E-state index contributed by atoms with van der Waals surface area (Å²) in [6, 6.07) is 4.65. The maximum absolute atomic E-state index is 12.1. The predicted molar refractivity (Wildman–Crippen MR) is 81.1 cm³/mol. The number of aromatic nitrogens is 1. The maximum atomic E-state index is 12.1. The van der Waals surface area contributed by atoms with Crippen LogP contribution in [0.1, 0.15) is 19.4 Å². The van der Waals surface area contributed by atoms with Gasteiger partial charge in [-0.1, -0.05) is 25.4 Å². The molecule has 20 heavy (non-hydrogen) atoms. The van der Waals surface area contributed by atoms with Gasteiger partial charge >= 0.3 is 0 Å². The summed E-state index contributed by atoms with van der Waals surface area (Å²) in [5.74, 6) is 0.0377. The molecule has 1 atom stereocenters. The van der Waals surface area contributed by atoms with Gasteiger partial charge in [-0.15, -0.1) is 0 Å². The minimum absolute atomic E-state index is 0.0499. The first-order valence-electron chi connectivity index (χ1n) is 6.48. The monoisotopic (exact) mass is 292 g/mol. The average molecular weight is 293 g/mol. The van der Waals surface area contributed by atoms with E-state index in [0.29, 0.717) is 16.0 Å². The quantitative estimate of drug-likeness (QED) is 0.907. The molecule has 4 nitrogen and oxygen atoms in total. The van der Waals surface area contributed by atoms with Gasteiger partial charge in [-0.3, -0.25) is 9.59 Å². The van der Waals surface area contributed by atoms with Crippen LogP contribution in [-0.2, 0) is 11.2 Å². The van der Waals surface area contributed by atoms with Gasteiger partial charge < -0.3 is 10.7 Å². The van der Waals surface area contributed by atoms with E-state index in [2.05, 4.69) is 4.98 Å². The third kappa shape index (κ3) is 2.92. The molecular formula is C15H17ClN2O2. The van der Waals surface area contributed by atoms with Gasteiger partial charge in [0.05, 0.1) is 6.04 Å². The number of carbonyl (C=O) groups excluding carboxylic acids is 1. The number of aromatic amines is 1. The molecule has 0 aliphatic rings. The maximum Gasteiger partial charge on any atom is 0.255 e. The smallest absolute Gasteiger partial charge is 0.255 e. The normalized spacial score (nSPS) is 12.8. The van der Waals surface area contributed by atoms with Crippen LogP contribution in [0.2, 0.25) is 5.02 Å². The van der Waals surface area contributed by atoms with Crippen LogP contribution >= 0.6 is 11.6 Å². The van der Waals surface area contributed by atoms with E-state index in [1.807, 2.05) is 13.8 Å². The number of nitrogens with two attached hydrogens (primary N) is 1. The lowest BCUT2D eigenvalue weighted by Crippen LogP contribution is -2.36. The largest absolute Gasteiger partial charge is 0.329 e. The van der Waals surface area contributed by atoms with Crippen molar-refractivity contribution in [3.63, 3.8) is 0 Å². The molecule has 0 aliphatic heterocycles. The summed E-state index contributed by atoms with van der Waals surface area (Å²) in [6.07, 6.45) is 1.75. The second-order valence-electron chi connectivity index (χ2n) is 5.25. The van der Waals surface area contributed by atoms with Gasteiger partial charge in [0.15, 0.2) is 5.78 Å². The first-order chi connectivity index (χ1) is 9.40. The van der Waals surface area contributed by atoms with Crippen LogP contribution in [0.3, 0.4) is 0 Å². The number of ketones is 1. The molecular weight excluding hydrogens is 276 g/mol. The fraction of sp³-hybridized carbons (Fsp3) is 0.333. The molecule has 1 heterocycles. The van der Waals surface area contributed by atoms with Crippen LogP contribution in [0.15, 0.2) is 29.2 Å². The minimum atomic E-state index is -0.499. The number of fused-ring (bicyclic) bond motifs is 1. The van der Waals surface area contributed by atoms with Crippen molar-refractivity contribution in [2.45, 2.75) is 26.3 Å². The van der Waals surface area contributed by atoms with Crippen LogP contribution in [0, 0.1) is 5.92 Å². The Morgan fingerprint density at radius 3 is 2.75 bits per heavy atom. The van der Waals surface area contributed by atoms with Crippen molar-refractivity contribution in [3.8, 4) is 0 Å². The summed E-state index contributed by atoms with van der Waals surface area (Å²) in [7, 11) is 0. The van der Waals surface area contributed by atoms with Crippen molar-refractivity contribution in [2.75, 3.05) is 0 Å². The highest BCUT2D eigenvalue weighted by atomic mass is 35.5. The first kappa shape index (κ1) is 14.8. The van der Waals surface area contributed by atoms with Crippen molar-refractivity contribution in [2.24, 2.45) is 11.7 Å². The van der Waals surface area contributed by atoms with Gasteiger partial charge in [0, 0.05) is 23.0 Å².